The number of unbranched alkanes of at least 4 members (excludes halogenated alkanes) is 9. The van der Waals surface area contributed by atoms with Crippen LogP contribution >= 0.6 is 17.1 Å². The summed E-state index contributed by atoms with van der Waals surface area (Å²) in [6.45, 7) is 0.622. The van der Waals surface area contributed by atoms with Gasteiger partial charge in [-0.25, -0.2) is 0 Å². The zero-order valence-electron chi connectivity index (χ0n) is 16.1. The first kappa shape index (κ1) is 29.0. The number of aliphatic hydroxyl groups excluding tert-OH is 4. The zero-order valence-corrected chi connectivity index (χ0v) is 18.6. The van der Waals surface area contributed by atoms with Crippen LogP contribution in [0.5, 0.6) is 0 Å². The third-order valence-electron chi connectivity index (χ3n) is 4.10. The third-order valence-corrected chi connectivity index (χ3v) is 7.41. The fraction of sp³-hybridized carbons (Fsp3) is 1.00. The first-order valence-corrected chi connectivity index (χ1v) is 13.7. The molecule has 0 aromatic rings. The van der Waals surface area contributed by atoms with Gasteiger partial charge in [-0.15, -0.1) is 0 Å². The summed E-state index contributed by atoms with van der Waals surface area (Å²) in [5, 5.41) is 34.0. The van der Waals surface area contributed by atoms with Gasteiger partial charge in [0.05, 0.1) is 31.8 Å². The van der Waals surface area contributed by atoms with Crippen LogP contribution in [-0.2, 0) is 11.8 Å². The van der Waals surface area contributed by atoms with Gasteiger partial charge in [0.1, 0.15) is 0 Å². The van der Waals surface area contributed by atoms with E-state index in [9.17, 15) is 0 Å². The molecule has 0 rings (SSSR count). The van der Waals surface area contributed by atoms with Crippen LogP contribution in [0.15, 0.2) is 0 Å². The molecule has 0 spiro atoms. The molecular weight excluding hydrogens is 395 g/mol. The minimum absolute atomic E-state index is 0.406. The molecule has 0 aliphatic rings. The SMILES string of the molecule is CCCCCCCCCCCCSP(O)(O)=S.OCC(CO)(CO)CO. The fourth-order valence-electron chi connectivity index (χ4n) is 2.07. The van der Waals surface area contributed by atoms with Gasteiger partial charge in [0.15, 0.2) is 0 Å². The molecular formula is C17H39O6PS2. The summed E-state index contributed by atoms with van der Waals surface area (Å²) in [5.74, 6) is 0.792. The monoisotopic (exact) mass is 434 g/mol. The average molecular weight is 435 g/mol. The van der Waals surface area contributed by atoms with Crippen LogP contribution in [0.4, 0.5) is 0 Å². The Morgan fingerprint density at radius 3 is 1.31 bits per heavy atom. The van der Waals surface area contributed by atoms with Crippen molar-refractivity contribution < 1.29 is 30.2 Å². The van der Waals surface area contributed by atoms with Crippen molar-refractivity contribution >= 4 is 28.9 Å². The molecule has 26 heavy (non-hydrogen) atoms. The second-order valence-corrected chi connectivity index (χ2v) is 12.8. The second kappa shape index (κ2) is 19.1. The minimum atomic E-state index is -2.99. The number of hydrogen-bond acceptors (Lipinski definition) is 6. The second-order valence-electron chi connectivity index (χ2n) is 6.64. The Hall–Kier alpha value is 0.760. The van der Waals surface area contributed by atoms with Crippen LogP contribution in [-0.4, -0.2) is 62.4 Å². The lowest BCUT2D eigenvalue weighted by Gasteiger charge is -2.23. The highest BCUT2D eigenvalue weighted by molar-refractivity contribution is 8.67. The zero-order chi connectivity index (χ0) is 20.3. The molecule has 0 unspecified atom stereocenters. The lowest BCUT2D eigenvalue weighted by Crippen LogP contribution is -2.37. The maximum absolute atomic E-state index is 9.01. The first-order chi connectivity index (χ1) is 12.3. The van der Waals surface area contributed by atoms with Crippen LogP contribution in [0.1, 0.15) is 71.1 Å². The van der Waals surface area contributed by atoms with E-state index in [1.165, 1.54) is 57.8 Å². The van der Waals surface area contributed by atoms with E-state index in [1.54, 1.807) is 0 Å². The van der Waals surface area contributed by atoms with Crippen molar-refractivity contribution in [3.8, 4) is 0 Å². The van der Waals surface area contributed by atoms with Gasteiger partial charge in [-0.2, -0.15) is 0 Å². The van der Waals surface area contributed by atoms with Crippen LogP contribution in [0.2, 0.25) is 0 Å². The van der Waals surface area contributed by atoms with Gasteiger partial charge in [0.25, 0.3) is 0 Å². The summed E-state index contributed by atoms with van der Waals surface area (Å²) in [5.41, 5.74) is -4.10. The number of aliphatic hydroxyl groups is 4. The summed E-state index contributed by atoms with van der Waals surface area (Å²) in [7, 11) is 0. The molecule has 0 aromatic heterocycles. The molecule has 0 radical (unpaired) electrons. The molecule has 0 aliphatic heterocycles. The molecule has 0 aliphatic carbocycles. The van der Waals surface area contributed by atoms with E-state index in [2.05, 4.69) is 18.7 Å². The molecule has 0 atom stereocenters. The number of rotatable bonds is 16. The van der Waals surface area contributed by atoms with Gasteiger partial charge < -0.3 is 30.2 Å². The van der Waals surface area contributed by atoms with Gasteiger partial charge in [0.2, 0.25) is 5.69 Å². The van der Waals surface area contributed by atoms with Gasteiger partial charge in [0, 0.05) is 5.75 Å². The molecule has 0 heterocycles. The van der Waals surface area contributed by atoms with Crippen molar-refractivity contribution in [2.75, 3.05) is 32.2 Å². The molecule has 9 heteroatoms. The molecule has 0 bridgehead atoms. The summed E-state index contributed by atoms with van der Waals surface area (Å²) >= 11 is 5.69. The van der Waals surface area contributed by atoms with Gasteiger partial charge in [-0.3, -0.25) is 0 Å². The van der Waals surface area contributed by atoms with Crippen molar-refractivity contribution in [2.24, 2.45) is 5.41 Å². The highest BCUT2D eigenvalue weighted by Gasteiger charge is 2.26. The van der Waals surface area contributed by atoms with Gasteiger partial charge in [-0.1, -0.05) is 76.1 Å². The van der Waals surface area contributed by atoms with Crippen molar-refractivity contribution in [3.05, 3.63) is 0 Å². The van der Waals surface area contributed by atoms with Crippen molar-refractivity contribution in [3.63, 3.8) is 0 Å². The van der Waals surface area contributed by atoms with E-state index in [0.29, 0.717) is 0 Å². The largest absolute Gasteiger partial charge is 0.396 e. The standard InChI is InChI=1S/C12H27O2PS2.C5H12O4/c1-2-3-4-5-6-7-8-9-10-11-12-17-15(13,14)16;6-1-5(2-7,3-8)4-9/h2-12H2,1H3,(H2,13,14,16);6-9H,1-4H2. The molecule has 0 fully saturated rings. The Morgan fingerprint density at radius 1 is 0.692 bits per heavy atom. The lowest BCUT2D eigenvalue weighted by atomic mass is 9.93. The third kappa shape index (κ3) is 19.5. The van der Waals surface area contributed by atoms with Gasteiger partial charge >= 0.3 is 0 Å². The predicted octanol–water partition coefficient (Wildman–Crippen LogP) is 2.79. The van der Waals surface area contributed by atoms with E-state index in [4.69, 9.17) is 30.2 Å². The molecule has 0 amide bonds. The average Bonchev–Trinajstić information content (AvgIpc) is 2.62. The van der Waals surface area contributed by atoms with Crippen LogP contribution in [0.25, 0.3) is 0 Å². The molecule has 6 N–H and O–H groups in total. The smallest absolute Gasteiger partial charge is 0.242 e. The summed E-state index contributed by atoms with van der Waals surface area (Å²) in [6, 6.07) is 0. The topological polar surface area (TPSA) is 121 Å². The quantitative estimate of drug-likeness (QED) is 0.162. The lowest BCUT2D eigenvalue weighted by molar-refractivity contribution is -0.0328. The Balaban J connectivity index is 0. The highest BCUT2D eigenvalue weighted by Crippen LogP contribution is 2.50. The Morgan fingerprint density at radius 2 is 1.04 bits per heavy atom. The fourth-order valence-corrected chi connectivity index (χ4v) is 4.42. The van der Waals surface area contributed by atoms with Crippen LogP contribution in [0.3, 0.4) is 0 Å². The van der Waals surface area contributed by atoms with Crippen molar-refractivity contribution in [2.45, 2.75) is 71.1 Å². The predicted molar refractivity (Wildman–Crippen MR) is 114 cm³/mol. The Labute approximate surface area is 168 Å². The normalized spacial score (nSPS) is 12.0. The Kier molecular flexibility index (Phi) is 21.3. The van der Waals surface area contributed by atoms with E-state index in [1.807, 2.05) is 0 Å². The molecule has 0 saturated carbocycles. The van der Waals surface area contributed by atoms with E-state index in [0.717, 1.165) is 23.6 Å². The van der Waals surface area contributed by atoms with Crippen LogP contribution < -0.4 is 0 Å². The summed E-state index contributed by atoms with van der Waals surface area (Å²) in [6.07, 6.45) is 13.1. The first-order valence-electron chi connectivity index (χ1n) is 9.44. The van der Waals surface area contributed by atoms with Crippen LogP contribution in [0, 0.1) is 5.41 Å². The van der Waals surface area contributed by atoms with Crippen molar-refractivity contribution in [1.29, 1.82) is 0 Å². The van der Waals surface area contributed by atoms with Crippen molar-refractivity contribution in [1.82, 2.24) is 0 Å². The molecule has 0 aromatic carbocycles. The molecule has 160 valence electrons. The minimum Gasteiger partial charge on any atom is -0.396 e. The van der Waals surface area contributed by atoms with Gasteiger partial charge in [-0.05, 0) is 18.2 Å². The molecule has 6 nitrogen and oxygen atoms in total. The molecule has 0 saturated heterocycles. The van der Waals surface area contributed by atoms with E-state index < -0.39 is 37.5 Å². The maximum atomic E-state index is 9.01. The summed E-state index contributed by atoms with van der Waals surface area (Å²) in [4.78, 5) is 18.0. The highest BCUT2D eigenvalue weighted by atomic mass is 32.9. The summed E-state index contributed by atoms with van der Waals surface area (Å²) < 4.78 is 0. The van der Waals surface area contributed by atoms with E-state index >= 15 is 0 Å². The number of hydrogen-bond donors (Lipinski definition) is 6. The maximum Gasteiger partial charge on any atom is 0.242 e. The Bertz CT molecular complexity index is 320. The van der Waals surface area contributed by atoms with E-state index in [-0.39, 0.29) is 0 Å².